The van der Waals surface area contributed by atoms with E-state index in [4.69, 9.17) is 9.16 Å². The number of amides is 1. The number of rotatable bonds is 9. The van der Waals surface area contributed by atoms with E-state index < -0.39 is 8.32 Å². The number of hydrogen-bond acceptors (Lipinski definition) is 4. The van der Waals surface area contributed by atoms with Gasteiger partial charge in [-0.2, -0.15) is 0 Å². The summed E-state index contributed by atoms with van der Waals surface area (Å²) >= 11 is 1.69. The number of hydrogen-bond donors (Lipinski definition) is 1. The molecule has 0 unspecified atom stereocenters. The smallest absolute Gasteiger partial charge is 0.407 e. The highest BCUT2D eigenvalue weighted by Crippen LogP contribution is 2.38. The third-order valence-corrected chi connectivity index (χ3v) is 10.0. The molecule has 0 radical (unpaired) electrons. The molecule has 0 spiro atoms. The van der Waals surface area contributed by atoms with E-state index in [1.807, 2.05) is 13.2 Å². The Morgan fingerprint density at radius 2 is 1.88 bits per heavy atom. The zero-order chi connectivity index (χ0) is 19.0. The molecule has 6 heteroatoms. The van der Waals surface area contributed by atoms with Crippen molar-refractivity contribution in [1.29, 1.82) is 0 Å². The lowest BCUT2D eigenvalue weighted by Crippen LogP contribution is -2.41. The Labute approximate surface area is 154 Å². The molecule has 0 bridgehead atoms. The van der Waals surface area contributed by atoms with Crippen molar-refractivity contribution in [1.82, 2.24) is 5.32 Å². The third-order valence-electron chi connectivity index (χ3n) is 4.74. The van der Waals surface area contributed by atoms with Gasteiger partial charge in [0.25, 0.3) is 0 Å². The van der Waals surface area contributed by atoms with Crippen LogP contribution in [0.1, 0.15) is 54.4 Å². The van der Waals surface area contributed by atoms with Gasteiger partial charge in [-0.25, -0.2) is 4.79 Å². The van der Waals surface area contributed by atoms with Gasteiger partial charge in [0.05, 0.1) is 12.9 Å². The molecule has 0 aromatic rings. The highest BCUT2D eigenvalue weighted by atomic mass is 32.2. The van der Waals surface area contributed by atoms with Crippen LogP contribution in [-0.2, 0) is 9.16 Å². The Kier molecular flexibility index (Phi) is 10.1. The lowest BCUT2D eigenvalue weighted by Gasteiger charge is -2.36. The first-order valence-electron chi connectivity index (χ1n) is 8.85. The first kappa shape index (κ1) is 23.4. The second kappa shape index (κ2) is 10.4. The molecule has 24 heavy (non-hydrogen) atoms. The van der Waals surface area contributed by atoms with Crippen LogP contribution in [0.5, 0.6) is 0 Å². The van der Waals surface area contributed by atoms with Gasteiger partial charge in [-0.05, 0) is 37.7 Å². The molecular weight excluding hydrogens is 338 g/mol. The zero-order valence-electron chi connectivity index (χ0n) is 17.0. The molecule has 142 valence electrons. The summed E-state index contributed by atoms with van der Waals surface area (Å²) in [5, 5.41) is 3.17. The maximum Gasteiger partial charge on any atom is 0.407 e. The Balaban J connectivity index is 5.16. The van der Waals surface area contributed by atoms with Gasteiger partial charge in [0.2, 0.25) is 8.32 Å². The number of nitrogens with one attached hydrogen (secondary N) is 1. The molecule has 0 aliphatic heterocycles. The van der Waals surface area contributed by atoms with E-state index >= 15 is 0 Å². The van der Waals surface area contributed by atoms with E-state index in [0.29, 0.717) is 6.61 Å². The van der Waals surface area contributed by atoms with Crippen LogP contribution in [0, 0.1) is 5.92 Å². The molecule has 0 heterocycles. The summed E-state index contributed by atoms with van der Waals surface area (Å²) in [6.45, 7) is 17.7. The van der Waals surface area contributed by atoms with Crippen LogP contribution < -0.4 is 5.32 Å². The second-order valence-corrected chi connectivity index (χ2v) is 13.3. The van der Waals surface area contributed by atoms with Gasteiger partial charge < -0.3 is 14.5 Å². The fraction of sp³-hybridized carbons (Fsp3) is 0.833. The minimum atomic E-state index is -1.83. The summed E-state index contributed by atoms with van der Waals surface area (Å²) in [6.07, 6.45) is 5.57. The molecule has 2 atom stereocenters. The normalized spacial score (nSPS) is 15.6. The summed E-state index contributed by atoms with van der Waals surface area (Å²) in [4.78, 5) is 13.0. The first-order valence-corrected chi connectivity index (χ1v) is 13.0. The predicted octanol–water partition coefficient (Wildman–Crippen LogP) is 5.76. The lowest BCUT2D eigenvalue weighted by atomic mass is 9.97. The average Bonchev–Trinajstić information content (AvgIpc) is 2.46. The largest absolute Gasteiger partial charge is 0.548 e. The highest BCUT2D eigenvalue weighted by molar-refractivity contribution is 8.02. The molecule has 0 fully saturated rings. The van der Waals surface area contributed by atoms with Crippen molar-refractivity contribution in [2.24, 2.45) is 5.92 Å². The average molecular weight is 376 g/mol. The summed E-state index contributed by atoms with van der Waals surface area (Å²) < 4.78 is 11.3. The highest BCUT2D eigenvalue weighted by Gasteiger charge is 2.38. The topological polar surface area (TPSA) is 47.6 Å². The molecule has 0 aromatic heterocycles. The third kappa shape index (κ3) is 7.51. The number of ether oxygens (including phenoxy) is 1. The summed E-state index contributed by atoms with van der Waals surface area (Å²) in [6, 6.07) is 0.0516. The second-order valence-electron chi connectivity index (χ2n) is 7.65. The van der Waals surface area contributed by atoms with Gasteiger partial charge in [0.15, 0.2) is 0 Å². The van der Waals surface area contributed by atoms with Gasteiger partial charge in [-0.1, -0.05) is 41.0 Å². The lowest BCUT2D eigenvalue weighted by molar-refractivity contribution is 0.144. The van der Waals surface area contributed by atoms with Crippen LogP contribution in [0.3, 0.4) is 0 Å². The minimum Gasteiger partial charge on any atom is -0.548 e. The van der Waals surface area contributed by atoms with Gasteiger partial charge in [0.1, 0.15) is 0 Å². The first-order chi connectivity index (χ1) is 11.0. The Morgan fingerprint density at radius 3 is 2.29 bits per heavy atom. The molecule has 4 nitrogen and oxygen atoms in total. The molecule has 0 aliphatic carbocycles. The number of alkyl carbamates (subject to hydrolysis) is 1. The molecule has 0 saturated heterocycles. The van der Waals surface area contributed by atoms with Crippen LogP contribution in [0.15, 0.2) is 11.2 Å². The maximum absolute atomic E-state index is 11.8. The van der Waals surface area contributed by atoms with Crippen molar-refractivity contribution in [2.75, 3.05) is 12.9 Å². The van der Waals surface area contributed by atoms with Crippen molar-refractivity contribution in [2.45, 2.75) is 78.6 Å². The van der Waals surface area contributed by atoms with Gasteiger partial charge in [-0.3, -0.25) is 0 Å². The zero-order valence-corrected chi connectivity index (χ0v) is 18.8. The minimum absolute atomic E-state index is 0.0516. The van der Waals surface area contributed by atoms with Crippen molar-refractivity contribution in [3.63, 3.8) is 0 Å². The molecule has 1 N–H and O–H groups in total. The Bertz CT molecular complexity index is 419. The van der Waals surface area contributed by atoms with Crippen molar-refractivity contribution in [3.8, 4) is 0 Å². The van der Waals surface area contributed by atoms with E-state index in [9.17, 15) is 4.79 Å². The van der Waals surface area contributed by atoms with E-state index in [1.54, 1.807) is 11.8 Å². The molecular formula is C18H37NO3SSi. The predicted molar refractivity (Wildman–Crippen MR) is 108 cm³/mol. The van der Waals surface area contributed by atoms with Crippen LogP contribution in [0.4, 0.5) is 4.79 Å². The van der Waals surface area contributed by atoms with Crippen molar-refractivity contribution in [3.05, 3.63) is 11.2 Å². The molecule has 0 aromatic carbocycles. The fourth-order valence-electron chi connectivity index (χ4n) is 2.00. The number of carbonyl (C=O) groups is 1. The maximum atomic E-state index is 11.8. The Hall–Kier alpha value is -0.623. The van der Waals surface area contributed by atoms with E-state index in [1.165, 1.54) is 0 Å². The SMILES string of the molecule is CCC[C@@H](NC(=O)OCC)[C@H](C)/C(=C/O[Si](C)(C)C(C)(C)C)SC. The molecule has 1 amide bonds. The summed E-state index contributed by atoms with van der Waals surface area (Å²) in [5.74, 6) is 0.189. The van der Waals surface area contributed by atoms with Gasteiger partial charge in [-0.15, -0.1) is 11.8 Å². The number of thioether (sulfide) groups is 1. The van der Waals surface area contributed by atoms with E-state index in [-0.39, 0.29) is 23.1 Å². The van der Waals surface area contributed by atoms with Crippen molar-refractivity contribution >= 4 is 26.2 Å². The van der Waals surface area contributed by atoms with Crippen LogP contribution in [0.25, 0.3) is 0 Å². The van der Waals surface area contributed by atoms with Crippen LogP contribution in [-0.4, -0.2) is 33.3 Å². The summed E-state index contributed by atoms with van der Waals surface area (Å²) in [7, 11) is -1.83. The quantitative estimate of drug-likeness (QED) is 0.411. The molecule has 0 rings (SSSR count). The fourth-order valence-corrected chi connectivity index (χ4v) is 3.55. The summed E-state index contributed by atoms with van der Waals surface area (Å²) in [5.41, 5.74) is 0. The van der Waals surface area contributed by atoms with Crippen LogP contribution in [0.2, 0.25) is 18.1 Å². The standard InChI is InChI=1S/C18H37NO3SSi/c1-10-12-15(19-17(20)21-11-2)14(3)16(23-7)13-22-24(8,9)18(4,5)6/h13-15H,10-12H2,1-9H3,(H,19,20)/b16-13-/t14-,15+/m0/s1. The van der Waals surface area contributed by atoms with Crippen molar-refractivity contribution < 1.29 is 14.0 Å². The molecule has 0 aliphatic rings. The van der Waals surface area contributed by atoms with E-state index in [2.05, 4.69) is 59.3 Å². The molecule has 0 saturated carbocycles. The monoisotopic (exact) mass is 375 g/mol. The number of carbonyl (C=O) groups excluding carboxylic acids is 1. The van der Waals surface area contributed by atoms with E-state index in [0.717, 1.165) is 17.7 Å². The van der Waals surface area contributed by atoms with Gasteiger partial charge in [0, 0.05) is 16.9 Å². The van der Waals surface area contributed by atoms with Gasteiger partial charge >= 0.3 is 6.09 Å². The Morgan fingerprint density at radius 1 is 1.29 bits per heavy atom. The van der Waals surface area contributed by atoms with Crippen LogP contribution >= 0.6 is 11.8 Å².